The number of piperidine rings is 1. The number of rotatable bonds is 7. The second-order valence-corrected chi connectivity index (χ2v) is 6.56. The fraction of sp³-hybridized carbons (Fsp3) is 0.556. The molecule has 1 aliphatic heterocycles. The second-order valence-electron chi connectivity index (χ2n) is 6.56. The molecule has 1 aliphatic rings. The minimum Gasteiger partial charge on any atom is -0.469 e. The van der Waals surface area contributed by atoms with Crippen LogP contribution >= 0.6 is 0 Å². The number of nitrogens with one attached hydrogen (secondary N) is 1. The average molecular weight is 363 g/mol. The van der Waals surface area contributed by atoms with Crippen molar-refractivity contribution in [2.45, 2.75) is 32.6 Å². The quantitative estimate of drug-likeness (QED) is 0.346. The Hall–Kier alpha value is -2.64. The van der Waals surface area contributed by atoms with E-state index < -0.39 is 4.92 Å². The Balaban J connectivity index is 2.12. The number of hydrogen-bond acceptors (Lipinski definition) is 6. The Labute approximate surface area is 152 Å². The van der Waals surface area contributed by atoms with Crippen molar-refractivity contribution in [1.82, 2.24) is 5.32 Å². The van der Waals surface area contributed by atoms with Crippen molar-refractivity contribution in [3.05, 3.63) is 33.9 Å². The summed E-state index contributed by atoms with van der Waals surface area (Å²) in [5.74, 6) is -0.0650. The fourth-order valence-corrected chi connectivity index (χ4v) is 2.98. The first-order chi connectivity index (χ1) is 12.4. The molecule has 0 atom stereocenters. The van der Waals surface area contributed by atoms with E-state index in [0.29, 0.717) is 30.1 Å². The summed E-state index contributed by atoms with van der Waals surface area (Å²) in [6, 6.07) is 4.40. The van der Waals surface area contributed by atoms with Gasteiger partial charge in [-0.1, -0.05) is 6.92 Å². The lowest BCUT2D eigenvalue weighted by atomic mass is 9.98. The molecule has 0 saturated carbocycles. The Kier molecular flexibility index (Phi) is 6.94. The molecule has 2 rings (SSSR count). The van der Waals surface area contributed by atoms with E-state index in [1.165, 1.54) is 19.2 Å². The predicted octanol–water partition coefficient (Wildman–Crippen LogP) is 2.51. The second kappa shape index (κ2) is 9.17. The molecule has 1 N–H and O–H groups in total. The molecule has 0 radical (unpaired) electrons. The van der Waals surface area contributed by atoms with Crippen molar-refractivity contribution < 1.29 is 19.2 Å². The van der Waals surface area contributed by atoms with E-state index in [0.717, 1.165) is 25.9 Å². The third kappa shape index (κ3) is 5.18. The molecule has 0 spiro atoms. The van der Waals surface area contributed by atoms with Gasteiger partial charge in [0.25, 0.3) is 11.6 Å². The first kappa shape index (κ1) is 19.7. The molecule has 1 amide bonds. The molecule has 1 fully saturated rings. The summed E-state index contributed by atoms with van der Waals surface area (Å²) in [5, 5.41) is 13.8. The number of nitro groups is 1. The molecule has 1 heterocycles. The van der Waals surface area contributed by atoms with Crippen LogP contribution < -0.4 is 10.2 Å². The zero-order valence-electron chi connectivity index (χ0n) is 15.2. The van der Waals surface area contributed by atoms with Gasteiger partial charge in [0.05, 0.1) is 23.3 Å². The van der Waals surface area contributed by atoms with Crippen LogP contribution in [0.25, 0.3) is 0 Å². The summed E-state index contributed by atoms with van der Waals surface area (Å²) in [6.07, 6.45) is 2.71. The van der Waals surface area contributed by atoms with Gasteiger partial charge in [0.15, 0.2) is 0 Å². The SMILES string of the molecule is COC(=O)CCCNC(=O)c1cc([N+](=O)[O-])ccc1N1CCC(C)CC1. The van der Waals surface area contributed by atoms with Crippen LogP contribution in [0.4, 0.5) is 11.4 Å². The van der Waals surface area contributed by atoms with Gasteiger partial charge in [0, 0.05) is 38.2 Å². The van der Waals surface area contributed by atoms with Crippen molar-refractivity contribution in [2.24, 2.45) is 5.92 Å². The van der Waals surface area contributed by atoms with Gasteiger partial charge in [-0.2, -0.15) is 0 Å². The van der Waals surface area contributed by atoms with Gasteiger partial charge in [-0.05, 0) is 31.2 Å². The summed E-state index contributed by atoms with van der Waals surface area (Å²) >= 11 is 0. The van der Waals surface area contributed by atoms with Crippen molar-refractivity contribution in [2.75, 3.05) is 31.6 Å². The number of anilines is 1. The number of nitro benzene ring substituents is 1. The Morgan fingerprint density at radius 3 is 2.65 bits per heavy atom. The number of ether oxygens (including phenoxy) is 1. The molecular weight excluding hydrogens is 338 g/mol. The molecule has 8 heteroatoms. The van der Waals surface area contributed by atoms with Crippen LogP contribution in [0.2, 0.25) is 0 Å². The number of nitrogens with zero attached hydrogens (tertiary/aromatic N) is 2. The van der Waals surface area contributed by atoms with Gasteiger partial charge in [-0.3, -0.25) is 19.7 Å². The van der Waals surface area contributed by atoms with Crippen molar-refractivity contribution in [1.29, 1.82) is 0 Å². The van der Waals surface area contributed by atoms with Gasteiger partial charge in [0.2, 0.25) is 0 Å². The number of amides is 1. The van der Waals surface area contributed by atoms with Crippen LogP contribution in [0.3, 0.4) is 0 Å². The molecule has 0 bridgehead atoms. The number of methoxy groups -OCH3 is 1. The lowest BCUT2D eigenvalue weighted by Crippen LogP contribution is -2.35. The van der Waals surface area contributed by atoms with E-state index in [-0.39, 0.29) is 24.0 Å². The molecule has 0 aromatic heterocycles. The Morgan fingerprint density at radius 1 is 1.35 bits per heavy atom. The highest BCUT2D eigenvalue weighted by molar-refractivity contribution is 6.00. The normalized spacial score (nSPS) is 14.8. The highest BCUT2D eigenvalue weighted by Crippen LogP contribution is 2.29. The van der Waals surface area contributed by atoms with Gasteiger partial charge >= 0.3 is 5.97 Å². The number of non-ortho nitro benzene ring substituents is 1. The van der Waals surface area contributed by atoms with Gasteiger partial charge in [-0.15, -0.1) is 0 Å². The zero-order valence-corrected chi connectivity index (χ0v) is 15.2. The maximum Gasteiger partial charge on any atom is 0.305 e. The van der Waals surface area contributed by atoms with Crippen LogP contribution in [0.5, 0.6) is 0 Å². The summed E-state index contributed by atoms with van der Waals surface area (Å²) in [6.45, 7) is 4.14. The Bertz CT molecular complexity index is 669. The molecule has 1 saturated heterocycles. The standard InChI is InChI=1S/C18H25N3O5/c1-13-7-10-20(11-8-13)16-6-5-14(21(24)25)12-15(16)18(23)19-9-3-4-17(22)26-2/h5-6,12-13H,3-4,7-11H2,1-2H3,(H,19,23). The first-order valence-corrected chi connectivity index (χ1v) is 8.80. The predicted molar refractivity (Wildman–Crippen MR) is 97.3 cm³/mol. The maximum absolute atomic E-state index is 12.6. The minimum atomic E-state index is -0.504. The molecule has 1 aromatic rings. The molecule has 0 unspecified atom stereocenters. The fourth-order valence-electron chi connectivity index (χ4n) is 2.98. The highest BCUT2D eigenvalue weighted by atomic mass is 16.6. The van der Waals surface area contributed by atoms with E-state index in [2.05, 4.69) is 21.9 Å². The lowest BCUT2D eigenvalue weighted by molar-refractivity contribution is -0.384. The van der Waals surface area contributed by atoms with Crippen LogP contribution in [-0.2, 0) is 9.53 Å². The van der Waals surface area contributed by atoms with E-state index >= 15 is 0 Å². The topological polar surface area (TPSA) is 102 Å². The number of esters is 1. The molecule has 26 heavy (non-hydrogen) atoms. The molecule has 8 nitrogen and oxygen atoms in total. The highest BCUT2D eigenvalue weighted by Gasteiger charge is 2.23. The monoisotopic (exact) mass is 363 g/mol. The van der Waals surface area contributed by atoms with Crippen LogP contribution in [0.1, 0.15) is 43.0 Å². The maximum atomic E-state index is 12.6. The minimum absolute atomic E-state index is 0.112. The number of carbonyl (C=O) groups is 2. The first-order valence-electron chi connectivity index (χ1n) is 8.80. The zero-order chi connectivity index (χ0) is 19.1. The van der Waals surface area contributed by atoms with Crippen LogP contribution in [0.15, 0.2) is 18.2 Å². The van der Waals surface area contributed by atoms with E-state index in [1.54, 1.807) is 6.07 Å². The summed E-state index contributed by atoms with van der Waals surface area (Å²) in [7, 11) is 1.32. The smallest absolute Gasteiger partial charge is 0.305 e. The third-order valence-corrected chi connectivity index (χ3v) is 4.63. The summed E-state index contributed by atoms with van der Waals surface area (Å²) < 4.78 is 4.56. The number of benzene rings is 1. The van der Waals surface area contributed by atoms with Crippen molar-refractivity contribution in [3.63, 3.8) is 0 Å². The number of carbonyl (C=O) groups excluding carboxylic acids is 2. The van der Waals surface area contributed by atoms with E-state index in [1.807, 2.05) is 0 Å². The number of hydrogen-bond donors (Lipinski definition) is 1. The average Bonchev–Trinajstić information content (AvgIpc) is 2.65. The summed E-state index contributed by atoms with van der Waals surface area (Å²) in [4.78, 5) is 36.4. The summed E-state index contributed by atoms with van der Waals surface area (Å²) in [5.41, 5.74) is 0.902. The van der Waals surface area contributed by atoms with Gasteiger partial charge < -0.3 is 15.0 Å². The van der Waals surface area contributed by atoms with Gasteiger partial charge in [-0.25, -0.2) is 0 Å². The Morgan fingerprint density at radius 2 is 2.04 bits per heavy atom. The van der Waals surface area contributed by atoms with Crippen molar-refractivity contribution in [3.8, 4) is 0 Å². The molecule has 1 aromatic carbocycles. The molecule has 0 aliphatic carbocycles. The van der Waals surface area contributed by atoms with E-state index in [4.69, 9.17) is 0 Å². The van der Waals surface area contributed by atoms with Crippen LogP contribution in [0, 0.1) is 16.0 Å². The van der Waals surface area contributed by atoms with Crippen molar-refractivity contribution >= 4 is 23.3 Å². The largest absolute Gasteiger partial charge is 0.469 e. The molecular formula is C18H25N3O5. The van der Waals surface area contributed by atoms with Gasteiger partial charge in [0.1, 0.15) is 0 Å². The van der Waals surface area contributed by atoms with E-state index in [9.17, 15) is 19.7 Å². The lowest BCUT2D eigenvalue weighted by Gasteiger charge is -2.33. The molecule has 142 valence electrons. The van der Waals surface area contributed by atoms with Crippen LogP contribution in [-0.4, -0.2) is 43.5 Å². The third-order valence-electron chi connectivity index (χ3n) is 4.63.